The highest BCUT2D eigenvalue weighted by Gasteiger charge is 2.23. The first-order valence-electron chi connectivity index (χ1n) is 6.69. The van der Waals surface area contributed by atoms with Crippen LogP contribution in [0.3, 0.4) is 0 Å². The molecule has 1 aliphatic carbocycles. The van der Waals surface area contributed by atoms with Crippen LogP contribution in [0.5, 0.6) is 0 Å². The van der Waals surface area contributed by atoms with E-state index in [2.05, 4.69) is 4.74 Å². The molecule has 1 aliphatic rings. The van der Waals surface area contributed by atoms with E-state index in [1.54, 1.807) is 6.92 Å². The van der Waals surface area contributed by atoms with Crippen molar-refractivity contribution in [1.82, 2.24) is 0 Å². The molecule has 0 aliphatic heterocycles. The number of halogens is 1. The summed E-state index contributed by atoms with van der Waals surface area (Å²) in [6, 6.07) is 0. The predicted octanol–water partition coefficient (Wildman–Crippen LogP) is 1.94. The van der Waals surface area contributed by atoms with Crippen LogP contribution in [-0.4, -0.2) is 40.6 Å². The third-order valence-corrected chi connectivity index (χ3v) is 3.11. The van der Waals surface area contributed by atoms with E-state index >= 15 is 0 Å². The monoisotopic (exact) mass is 308 g/mol. The number of ketones is 1. The number of carbonyl (C=O) groups is 2. The first kappa shape index (κ1) is 18.2. The Morgan fingerprint density at radius 2 is 2.09 bits per heavy atom. The lowest BCUT2D eigenvalue weighted by molar-refractivity contribution is -0.143. The highest BCUT2D eigenvalue weighted by atomic mass is 19.1. The first-order chi connectivity index (χ1) is 10.4. The van der Waals surface area contributed by atoms with Gasteiger partial charge in [0.25, 0.3) is 0 Å². The van der Waals surface area contributed by atoms with Gasteiger partial charge < -0.3 is 14.2 Å². The summed E-state index contributed by atoms with van der Waals surface area (Å²) in [5.41, 5.74) is 0.307. The Balaban J connectivity index is 2.94. The largest absolute Gasteiger partial charge is 0.469 e. The summed E-state index contributed by atoms with van der Waals surface area (Å²) in [5.74, 6) is -2.35. The molecule has 0 aromatic carbocycles. The van der Waals surface area contributed by atoms with Crippen LogP contribution in [0.2, 0.25) is 0 Å². The number of allylic oxidation sites excluding steroid dienone is 5. The number of hydrogen-bond acceptors (Lipinski definition) is 5. The van der Waals surface area contributed by atoms with Gasteiger partial charge in [-0.15, -0.1) is 0 Å². The molecule has 22 heavy (non-hydrogen) atoms. The van der Waals surface area contributed by atoms with Gasteiger partial charge in [0.15, 0.2) is 24.2 Å². The number of Topliss-reactive ketones (excluding diaryl/α,β-unsaturated/α-hetero) is 1. The fraction of sp³-hybridized carbons (Fsp3) is 0.467. The zero-order chi connectivity index (χ0) is 16.7. The SMILES string of the molecule is [B]C1=CCC(C(=O)C(C)CC(=O)OC)=CC(F)=C1OCOC. The standard InChI is InChI=1S/C15H18BFO5/c1-9(6-13(18)21-3)14(19)10-4-5-11(16)15(12(17)7-10)22-8-20-2/h5,7,9H,4,6,8H2,1-3H3. The number of ether oxygens (including phenoxy) is 3. The second-order valence-electron chi connectivity index (χ2n) is 4.81. The molecule has 0 amide bonds. The molecule has 1 unspecified atom stereocenters. The van der Waals surface area contributed by atoms with E-state index in [4.69, 9.17) is 17.3 Å². The average Bonchev–Trinajstić information content (AvgIpc) is 2.63. The van der Waals surface area contributed by atoms with Gasteiger partial charge in [0.2, 0.25) is 0 Å². The summed E-state index contributed by atoms with van der Waals surface area (Å²) in [4.78, 5) is 23.5. The van der Waals surface area contributed by atoms with Crippen LogP contribution in [-0.2, 0) is 23.8 Å². The van der Waals surface area contributed by atoms with Gasteiger partial charge in [-0.2, -0.15) is 0 Å². The number of methoxy groups -OCH3 is 2. The molecule has 0 aromatic rings. The van der Waals surface area contributed by atoms with Crippen molar-refractivity contribution in [2.24, 2.45) is 5.92 Å². The van der Waals surface area contributed by atoms with E-state index in [-0.39, 0.29) is 42.2 Å². The molecule has 5 nitrogen and oxygen atoms in total. The molecule has 0 saturated heterocycles. The molecule has 1 atom stereocenters. The van der Waals surface area contributed by atoms with Crippen molar-refractivity contribution in [1.29, 1.82) is 0 Å². The van der Waals surface area contributed by atoms with E-state index < -0.39 is 17.7 Å². The lowest BCUT2D eigenvalue weighted by Gasteiger charge is -2.10. The van der Waals surface area contributed by atoms with Crippen molar-refractivity contribution in [3.05, 3.63) is 34.8 Å². The van der Waals surface area contributed by atoms with E-state index in [0.29, 0.717) is 0 Å². The molecule has 0 bridgehead atoms. The molecular formula is C15H18BFO5. The van der Waals surface area contributed by atoms with Crippen LogP contribution in [0.15, 0.2) is 34.8 Å². The maximum atomic E-state index is 14.1. The summed E-state index contributed by atoms with van der Waals surface area (Å²) in [7, 11) is 8.36. The Morgan fingerprint density at radius 3 is 2.68 bits per heavy atom. The Morgan fingerprint density at radius 1 is 1.41 bits per heavy atom. The van der Waals surface area contributed by atoms with Gasteiger partial charge in [-0.1, -0.05) is 18.5 Å². The van der Waals surface area contributed by atoms with Crippen LogP contribution < -0.4 is 0 Å². The van der Waals surface area contributed by atoms with Crippen molar-refractivity contribution < 1.29 is 28.2 Å². The van der Waals surface area contributed by atoms with Crippen molar-refractivity contribution in [2.45, 2.75) is 19.8 Å². The number of carbonyl (C=O) groups excluding carboxylic acids is 2. The molecule has 7 heteroatoms. The van der Waals surface area contributed by atoms with Gasteiger partial charge in [0.1, 0.15) is 7.85 Å². The zero-order valence-corrected chi connectivity index (χ0v) is 12.8. The second-order valence-corrected chi connectivity index (χ2v) is 4.81. The number of rotatable bonds is 7. The molecule has 0 spiro atoms. The minimum atomic E-state index is -0.753. The van der Waals surface area contributed by atoms with Crippen LogP contribution in [0, 0.1) is 5.92 Å². The van der Waals surface area contributed by atoms with Crippen molar-refractivity contribution in [3.63, 3.8) is 0 Å². The fourth-order valence-electron chi connectivity index (χ4n) is 1.91. The lowest BCUT2D eigenvalue weighted by atomic mass is 9.91. The van der Waals surface area contributed by atoms with E-state index in [0.717, 1.165) is 6.08 Å². The predicted molar refractivity (Wildman–Crippen MR) is 78.4 cm³/mol. The normalized spacial score (nSPS) is 16.4. The topological polar surface area (TPSA) is 61.8 Å². The highest BCUT2D eigenvalue weighted by molar-refractivity contribution is 6.24. The molecule has 1 rings (SSSR count). The summed E-state index contributed by atoms with van der Waals surface area (Å²) in [6.07, 6.45) is 2.66. The Kier molecular flexibility index (Phi) is 7.04. The number of hydrogen-bond donors (Lipinski definition) is 0. The smallest absolute Gasteiger partial charge is 0.306 e. The van der Waals surface area contributed by atoms with Gasteiger partial charge in [-0.25, -0.2) is 4.39 Å². The van der Waals surface area contributed by atoms with Crippen LogP contribution >= 0.6 is 0 Å². The van der Waals surface area contributed by atoms with Gasteiger partial charge in [0, 0.05) is 18.6 Å². The molecular weight excluding hydrogens is 290 g/mol. The van der Waals surface area contributed by atoms with Gasteiger partial charge >= 0.3 is 5.97 Å². The summed E-state index contributed by atoms with van der Waals surface area (Å²) >= 11 is 0. The zero-order valence-electron chi connectivity index (χ0n) is 12.8. The van der Waals surface area contributed by atoms with E-state index in [1.165, 1.54) is 20.3 Å². The second kappa shape index (κ2) is 8.53. The van der Waals surface area contributed by atoms with Gasteiger partial charge in [-0.3, -0.25) is 9.59 Å². The van der Waals surface area contributed by atoms with Crippen molar-refractivity contribution in [2.75, 3.05) is 21.0 Å². The molecule has 0 fully saturated rings. The van der Waals surface area contributed by atoms with Gasteiger partial charge in [0.05, 0.1) is 13.5 Å². The minimum Gasteiger partial charge on any atom is -0.469 e. The highest BCUT2D eigenvalue weighted by Crippen LogP contribution is 2.26. The van der Waals surface area contributed by atoms with Crippen molar-refractivity contribution in [3.8, 4) is 0 Å². The minimum absolute atomic E-state index is 0.0652. The summed E-state index contributed by atoms with van der Waals surface area (Å²) < 4.78 is 28.4. The fourth-order valence-corrected chi connectivity index (χ4v) is 1.91. The number of esters is 1. The maximum absolute atomic E-state index is 14.1. The van der Waals surface area contributed by atoms with E-state index in [1.807, 2.05) is 0 Å². The van der Waals surface area contributed by atoms with E-state index in [9.17, 15) is 14.0 Å². The van der Waals surface area contributed by atoms with Crippen LogP contribution in [0.25, 0.3) is 0 Å². The Hall–Kier alpha value is -1.89. The molecule has 118 valence electrons. The molecule has 0 heterocycles. The molecule has 0 N–H and O–H groups in total. The molecule has 0 aromatic heterocycles. The Bertz CT molecular complexity index is 536. The summed E-state index contributed by atoms with van der Waals surface area (Å²) in [5, 5.41) is 0. The third kappa shape index (κ3) is 4.84. The maximum Gasteiger partial charge on any atom is 0.306 e. The quantitative estimate of drug-likeness (QED) is 0.408. The summed E-state index contributed by atoms with van der Waals surface area (Å²) in [6.45, 7) is 1.43. The van der Waals surface area contributed by atoms with Crippen LogP contribution in [0.4, 0.5) is 4.39 Å². The van der Waals surface area contributed by atoms with Gasteiger partial charge in [-0.05, 0) is 12.5 Å². The first-order valence-corrected chi connectivity index (χ1v) is 6.69. The Labute approximate surface area is 130 Å². The van der Waals surface area contributed by atoms with Crippen molar-refractivity contribution >= 4 is 19.6 Å². The van der Waals surface area contributed by atoms with Crippen LogP contribution in [0.1, 0.15) is 19.8 Å². The molecule has 0 saturated carbocycles. The lowest BCUT2D eigenvalue weighted by Crippen LogP contribution is -2.18. The third-order valence-electron chi connectivity index (χ3n) is 3.11. The average molecular weight is 308 g/mol. The molecule has 2 radical (unpaired) electrons.